The molecule has 2 aromatic carbocycles. The monoisotopic (exact) mass is 321 g/mol. The fourth-order valence-corrected chi connectivity index (χ4v) is 2.03. The van der Waals surface area contributed by atoms with Crippen LogP contribution in [0.25, 0.3) is 0 Å². The minimum absolute atomic E-state index is 0.110. The average molecular weight is 322 g/mol. The van der Waals surface area contributed by atoms with Crippen molar-refractivity contribution in [2.24, 2.45) is 0 Å². The van der Waals surface area contributed by atoms with E-state index in [1.54, 1.807) is 25.1 Å². The van der Waals surface area contributed by atoms with Gasteiger partial charge in [-0.2, -0.15) is 0 Å². The second-order valence-corrected chi connectivity index (χ2v) is 4.81. The summed E-state index contributed by atoms with van der Waals surface area (Å²) in [5.74, 6) is -9.93. The lowest BCUT2D eigenvalue weighted by Gasteiger charge is -2.12. The molecule has 1 nitrogen and oxygen atoms in total. The molecule has 0 atom stereocenters. The van der Waals surface area contributed by atoms with Gasteiger partial charge in [-0.05, 0) is 30.2 Å². The molecule has 1 N–H and O–H groups in total. The summed E-state index contributed by atoms with van der Waals surface area (Å²) in [5.41, 5.74) is 0.281. The summed E-state index contributed by atoms with van der Waals surface area (Å²) in [7, 11) is 0. The van der Waals surface area contributed by atoms with Crippen LogP contribution in [0.2, 0.25) is 5.02 Å². The van der Waals surface area contributed by atoms with Crippen LogP contribution in [0.5, 0.6) is 0 Å². The molecular weight excluding hydrogens is 313 g/mol. The molecule has 7 heteroatoms. The normalized spacial score (nSPS) is 10.8. The number of aryl methyl sites for hydroxylation is 1. The van der Waals surface area contributed by atoms with Gasteiger partial charge in [0.1, 0.15) is 5.69 Å². The Morgan fingerprint density at radius 2 is 1.43 bits per heavy atom. The van der Waals surface area contributed by atoms with Crippen LogP contribution in [-0.2, 0) is 6.54 Å². The number of rotatable bonds is 3. The van der Waals surface area contributed by atoms with Gasteiger partial charge in [-0.25, -0.2) is 22.0 Å². The van der Waals surface area contributed by atoms with E-state index in [2.05, 4.69) is 5.32 Å². The van der Waals surface area contributed by atoms with Gasteiger partial charge >= 0.3 is 0 Å². The Labute approximate surface area is 122 Å². The molecule has 0 aliphatic rings. The maximum absolute atomic E-state index is 13.5. The number of nitrogens with one attached hydrogen (secondary N) is 1. The highest BCUT2D eigenvalue weighted by Crippen LogP contribution is 2.28. The van der Waals surface area contributed by atoms with Crippen LogP contribution < -0.4 is 5.32 Å². The van der Waals surface area contributed by atoms with E-state index in [-0.39, 0.29) is 6.54 Å². The Bertz CT molecular complexity index is 673. The van der Waals surface area contributed by atoms with Crippen molar-refractivity contribution in [2.45, 2.75) is 13.5 Å². The van der Waals surface area contributed by atoms with Crippen LogP contribution in [0.4, 0.5) is 27.6 Å². The third-order valence-corrected chi connectivity index (χ3v) is 3.21. The van der Waals surface area contributed by atoms with Crippen LogP contribution in [0.15, 0.2) is 18.2 Å². The maximum Gasteiger partial charge on any atom is 0.200 e. The van der Waals surface area contributed by atoms with Gasteiger partial charge in [-0.1, -0.05) is 17.7 Å². The summed E-state index contributed by atoms with van der Waals surface area (Å²) in [6.07, 6.45) is 0. The number of hydrogen-bond acceptors (Lipinski definition) is 1. The molecule has 0 saturated carbocycles. The van der Waals surface area contributed by atoms with E-state index in [0.717, 1.165) is 5.56 Å². The van der Waals surface area contributed by atoms with Crippen molar-refractivity contribution in [3.05, 3.63) is 63.4 Å². The van der Waals surface area contributed by atoms with Gasteiger partial charge in [0.15, 0.2) is 23.3 Å². The maximum atomic E-state index is 13.5. The molecule has 0 radical (unpaired) electrons. The second kappa shape index (κ2) is 5.89. The van der Waals surface area contributed by atoms with Crippen molar-refractivity contribution in [1.82, 2.24) is 0 Å². The first-order chi connectivity index (χ1) is 9.82. The summed E-state index contributed by atoms with van der Waals surface area (Å²) < 4.78 is 65.9. The zero-order chi connectivity index (χ0) is 15.7. The third kappa shape index (κ3) is 2.95. The largest absolute Gasteiger partial charge is 0.376 e. The first-order valence-electron chi connectivity index (χ1n) is 5.83. The second-order valence-electron chi connectivity index (χ2n) is 4.37. The lowest BCUT2D eigenvalue weighted by atomic mass is 10.1. The van der Waals surface area contributed by atoms with E-state index < -0.39 is 34.8 Å². The zero-order valence-electron chi connectivity index (χ0n) is 10.7. The van der Waals surface area contributed by atoms with Crippen molar-refractivity contribution >= 4 is 17.3 Å². The fourth-order valence-electron chi connectivity index (χ4n) is 1.80. The molecule has 0 unspecified atom stereocenters. The fraction of sp³-hybridized carbons (Fsp3) is 0.143. The van der Waals surface area contributed by atoms with Gasteiger partial charge in [0, 0.05) is 11.6 Å². The highest BCUT2D eigenvalue weighted by atomic mass is 35.5. The van der Waals surface area contributed by atoms with E-state index in [4.69, 9.17) is 11.6 Å². The first kappa shape index (κ1) is 15.6. The molecule has 21 heavy (non-hydrogen) atoms. The highest BCUT2D eigenvalue weighted by Gasteiger charge is 2.25. The van der Waals surface area contributed by atoms with Crippen molar-refractivity contribution in [2.75, 3.05) is 5.32 Å². The third-order valence-electron chi connectivity index (χ3n) is 2.97. The molecule has 0 aliphatic carbocycles. The van der Waals surface area contributed by atoms with Crippen LogP contribution in [0, 0.1) is 36.0 Å². The van der Waals surface area contributed by atoms with Gasteiger partial charge in [-0.3, -0.25) is 0 Å². The SMILES string of the molecule is Cc1cc(Cl)ccc1CNc1c(F)c(F)c(F)c(F)c1F. The lowest BCUT2D eigenvalue weighted by Crippen LogP contribution is -2.10. The molecule has 0 amide bonds. The van der Waals surface area contributed by atoms with Gasteiger partial charge < -0.3 is 5.32 Å². The van der Waals surface area contributed by atoms with Crippen molar-refractivity contribution < 1.29 is 22.0 Å². The van der Waals surface area contributed by atoms with Gasteiger partial charge in [0.2, 0.25) is 5.82 Å². The van der Waals surface area contributed by atoms with Gasteiger partial charge in [0.05, 0.1) is 0 Å². The van der Waals surface area contributed by atoms with E-state index in [0.29, 0.717) is 10.6 Å². The van der Waals surface area contributed by atoms with E-state index in [9.17, 15) is 22.0 Å². The molecule has 2 aromatic rings. The molecule has 0 saturated heterocycles. The molecule has 0 aromatic heterocycles. The van der Waals surface area contributed by atoms with Crippen LogP contribution in [0.1, 0.15) is 11.1 Å². The molecule has 0 heterocycles. The van der Waals surface area contributed by atoms with Crippen molar-refractivity contribution in [1.29, 1.82) is 0 Å². The summed E-state index contributed by atoms with van der Waals surface area (Å²) in [6.45, 7) is 1.60. The van der Waals surface area contributed by atoms with Crippen LogP contribution in [-0.4, -0.2) is 0 Å². The number of benzene rings is 2. The standard InChI is InChI=1S/C14H9ClF5N/c1-6-4-8(15)3-2-7(6)5-21-14-12(19)10(17)9(16)11(18)13(14)20/h2-4,21H,5H2,1H3. The van der Waals surface area contributed by atoms with E-state index >= 15 is 0 Å². The molecule has 0 spiro atoms. The predicted molar refractivity (Wildman–Crippen MR) is 69.7 cm³/mol. The van der Waals surface area contributed by atoms with Gasteiger partial charge in [-0.15, -0.1) is 0 Å². The van der Waals surface area contributed by atoms with Crippen LogP contribution in [0.3, 0.4) is 0 Å². The average Bonchev–Trinajstić information content (AvgIpc) is 2.45. The molecule has 112 valence electrons. The summed E-state index contributed by atoms with van der Waals surface area (Å²) in [6, 6.07) is 4.78. The predicted octanol–water partition coefficient (Wildman–Crippen LogP) is 4.96. The first-order valence-corrected chi connectivity index (χ1v) is 6.21. The lowest BCUT2D eigenvalue weighted by molar-refractivity contribution is 0.381. The molecule has 2 rings (SSSR count). The minimum Gasteiger partial charge on any atom is -0.376 e. The Morgan fingerprint density at radius 1 is 0.905 bits per heavy atom. The summed E-state index contributed by atoms with van der Waals surface area (Å²) >= 11 is 5.76. The van der Waals surface area contributed by atoms with Gasteiger partial charge in [0.25, 0.3) is 0 Å². The molecular formula is C14H9ClF5N. The number of halogens is 6. The molecule has 0 bridgehead atoms. The smallest absolute Gasteiger partial charge is 0.200 e. The minimum atomic E-state index is -2.18. The molecule has 0 fully saturated rings. The van der Waals surface area contributed by atoms with Crippen molar-refractivity contribution in [3.63, 3.8) is 0 Å². The Kier molecular flexibility index (Phi) is 4.37. The summed E-state index contributed by atoms with van der Waals surface area (Å²) in [4.78, 5) is 0. The Hall–Kier alpha value is -1.82. The van der Waals surface area contributed by atoms with Crippen molar-refractivity contribution in [3.8, 4) is 0 Å². The quantitative estimate of drug-likeness (QED) is 0.479. The highest BCUT2D eigenvalue weighted by molar-refractivity contribution is 6.30. The number of hydrogen-bond donors (Lipinski definition) is 1. The van der Waals surface area contributed by atoms with Crippen LogP contribution >= 0.6 is 11.6 Å². The molecule has 0 aliphatic heterocycles. The zero-order valence-corrected chi connectivity index (χ0v) is 11.5. The topological polar surface area (TPSA) is 12.0 Å². The Morgan fingerprint density at radius 3 is 1.95 bits per heavy atom. The van der Waals surface area contributed by atoms with E-state index in [1.165, 1.54) is 0 Å². The van der Waals surface area contributed by atoms with E-state index in [1.807, 2.05) is 0 Å². The number of anilines is 1. The summed E-state index contributed by atoms with van der Waals surface area (Å²) in [5, 5.41) is 2.71. The Balaban J connectivity index is 2.32.